The summed E-state index contributed by atoms with van der Waals surface area (Å²) in [7, 11) is 0. The lowest BCUT2D eigenvalue weighted by Crippen LogP contribution is -2.50. The Hall–Kier alpha value is -0.610. The summed E-state index contributed by atoms with van der Waals surface area (Å²) >= 11 is 0. The van der Waals surface area contributed by atoms with Crippen LogP contribution in [0.2, 0.25) is 0 Å². The van der Waals surface area contributed by atoms with Crippen LogP contribution in [0.3, 0.4) is 0 Å². The van der Waals surface area contributed by atoms with Gasteiger partial charge in [0, 0.05) is 25.0 Å². The molecule has 0 aromatic carbocycles. The van der Waals surface area contributed by atoms with Crippen molar-refractivity contribution in [3.8, 4) is 0 Å². The van der Waals surface area contributed by atoms with Gasteiger partial charge in [0.2, 0.25) is 5.91 Å². The molecule has 1 saturated heterocycles. The number of nitrogens with one attached hydrogen (secondary N) is 1. The minimum atomic E-state index is -0.185. The monoisotopic (exact) mass is 239 g/mol. The maximum atomic E-state index is 11.8. The Bertz CT molecular complexity index is 276. The molecule has 0 radical (unpaired) electrons. The first-order chi connectivity index (χ1) is 8.11. The van der Waals surface area contributed by atoms with Crippen LogP contribution >= 0.6 is 0 Å². The fourth-order valence-electron chi connectivity index (χ4n) is 2.81. The van der Waals surface area contributed by atoms with Gasteiger partial charge in [-0.15, -0.1) is 0 Å². The van der Waals surface area contributed by atoms with E-state index in [1.165, 1.54) is 19.4 Å². The normalized spacial score (nSPS) is 27.8. The van der Waals surface area contributed by atoms with Crippen molar-refractivity contribution in [2.24, 2.45) is 11.7 Å². The van der Waals surface area contributed by atoms with Crippen molar-refractivity contribution >= 4 is 5.91 Å². The van der Waals surface area contributed by atoms with Crippen molar-refractivity contribution in [1.82, 2.24) is 10.2 Å². The molecule has 1 aliphatic heterocycles. The highest BCUT2D eigenvalue weighted by atomic mass is 16.1. The third kappa shape index (κ3) is 3.42. The smallest absolute Gasteiger partial charge is 0.221 e. The molecule has 1 unspecified atom stereocenters. The molecule has 0 bridgehead atoms. The second kappa shape index (κ2) is 5.36. The molecular weight excluding hydrogens is 214 g/mol. The van der Waals surface area contributed by atoms with Gasteiger partial charge in [0.05, 0.1) is 0 Å². The molecule has 1 amide bonds. The molecule has 1 saturated carbocycles. The number of nitrogens with two attached hydrogens (primary N) is 1. The number of hydrogen-bond donors (Lipinski definition) is 2. The van der Waals surface area contributed by atoms with Gasteiger partial charge < -0.3 is 16.0 Å². The standard InChI is InChI=1S/C13H25N3O/c1-2-16-7-4-11(10-16)9-15-12(17)8-13(14)5-3-6-13/h11H,2-10,14H2,1H3,(H,15,17). The number of rotatable bonds is 5. The van der Waals surface area contributed by atoms with Crippen molar-refractivity contribution in [3.05, 3.63) is 0 Å². The van der Waals surface area contributed by atoms with E-state index in [9.17, 15) is 4.79 Å². The Morgan fingerprint density at radius 1 is 1.53 bits per heavy atom. The molecule has 17 heavy (non-hydrogen) atoms. The van der Waals surface area contributed by atoms with Crippen LogP contribution in [0.1, 0.15) is 39.0 Å². The summed E-state index contributed by atoms with van der Waals surface area (Å²) in [5, 5.41) is 3.05. The van der Waals surface area contributed by atoms with E-state index in [0.29, 0.717) is 12.3 Å². The largest absolute Gasteiger partial charge is 0.356 e. The minimum absolute atomic E-state index is 0.141. The second-order valence-corrected chi connectivity index (χ2v) is 5.74. The SMILES string of the molecule is CCN1CCC(CNC(=O)CC2(N)CCC2)C1. The van der Waals surface area contributed by atoms with Crippen LogP contribution in [0.5, 0.6) is 0 Å². The van der Waals surface area contributed by atoms with Crippen molar-refractivity contribution in [2.75, 3.05) is 26.2 Å². The summed E-state index contributed by atoms with van der Waals surface area (Å²) in [4.78, 5) is 14.2. The Balaban J connectivity index is 1.63. The van der Waals surface area contributed by atoms with E-state index >= 15 is 0 Å². The Morgan fingerprint density at radius 3 is 2.82 bits per heavy atom. The van der Waals surface area contributed by atoms with E-state index in [0.717, 1.165) is 32.5 Å². The van der Waals surface area contributed by atoms with Gasteiger partial charge in [0.25, 0.3) is 0 Å². The summed E-state index contributed by atoms with van der Waals surface area (Å²) < 4.78 is 0. The highest BCUT2D eigenvalue weighted by Crippen LogP contribution is 2.31. The molecule has 2 fully saturated rings. The molecule has 1 atom stereocenters. The predicted octanol–water partition coefficient (Wildman–Crippen LogP) is 0.716. The lowest BCUT2D eigenvalue weighted by atomic mass is 9.75. The van der Waals surface area contributed by atoms with Crippen LogP contribution in [-0.2, 0) is 4.79 Å². The van der Waals surface area contributed by atoms with Gasteiger partial charge in [-0.2, -0.15) is 0 Å². The van der Waals surface area contributed by atoms with Gasteiger partial charge >= 0.3 is 0 Å². The highest BCUT2D eigenvalue weighted by molar-refractivity contribution is 5.77. The zero-order valence-corrected chi connectivity index (χ0v) is 10.9. The van der Waals surface area contributed by atoms with E-state index in [4.69, 9.17) is 5.73 Å². The van der Waals surface area contributed by atoms with Crippen LogP contribution in [0, 0.1) is 5.92 Å². The highest BCUT2D eigenvalue weighted by Gasteiger charge is 2.34. The minimum Gasteiger partial charge on any atom is -0.356 e. The summed E-state index contributed by atoms with van der Waals surface area (Å²) in [5.74, 6) is 0.774. The average Bonchev–Trinajstić information content (AvgIpc) is 2.72. The van der Waals surface area contributed by atoms with Gasteiger partial charge in [0.1, 0.15) is 0 Å². The van der Waals surface area contributed by atoms with Crippen LogP contribution in [-0.4, -0.2) is 42.5 Å². The number of hydrogen-bond acceptors (Lipinski definition) is 3. The van der Waals surface area contributed by atoms with E-state index in [2.05, 4.69) is 17.1 Å². The molecule has 3 N–H and O–H groups in total. The van der Waals surface area contributed by atoms with Crippen molar-refractivity contribution in [3.63, 3.8) is 0 Å². The van der Waals surface area contributed by atoms with Crippen LogP contribution in [0.25, 0.3) is 0 Å². The molecule has 1 aliphatic carbocycles. The zero-order chi connectivity index (χ0) is 12.3. The number of amides is 1. The lowest BCUT2D eigenvalue weighted by Gasteiger charge is -2.37. The first kappa shape index (κ1) is 12.8. The molecule has 4 heteroatoms. The summed E-state index contributed by atoms with van der Waals surface area (Å²) in [6.07, 6.45) is 4.91. The lowest BCUT2D eigenvalue weighted by molar-refractivity contribution is -0.123. The van der Waals surface area contributed by atoms with Crippen LogP contribution in [0.4, 0.5) is 0 Å². The molecule has 0 spiro atoms. The molecule has 0 aromatic rings. The molecule has 2 rings (SSSR count). The third-order valence-corrected chi connectivity index (χ3v) is 4.27. The van der Waals surface area contributed by atoms with E-state index < -0.39 is 0 Å². The second-order valence-electron chi connectivity index (χ2n) is 5.74. The van der Waals surface area contributed by atoms with Crippen molar-refractivity contribution < 1.29 is 4.79 Å². The van der Waals surface area contributed by atoms with Gasteiger partial charge in [-0.1, -0.05) is 6.92 Å². The molecular formula is C13H25N3O. The molecule has 0 aromatic heterocycles. The number of carbonyl (C=O) groups is 1. The van der Waals surface area contributed by atoms with E-state index in [-0.39, 0.29) is 11.4 Å². The maximum Gasteiger partial charge on any atom is 0.221 e. The number of likely N-dealkylation sites (tertiary alicyclic amines) is 1. The summed E-state index contributed by atoms with van der Waals surface area (Å²) in [5.41, 5.74) is 5.88. The average molecular weight is 239 g/mol. The maximum absolute atomic E-state index is 11.8. The first-order valence-electron chi connectivity index (χ1n) is 6.89. The van der Waals surface area contributed by atoms with Crippen molar-refractivity contribution in [2.45, 2.75) is 44.6 Å². The summed E-state index contributed by atoms with van der Waals surface area (Å²) in [6, 6.07) is 0. The van der Waals surface area contributed by atoms with Crippen LogP contribution in [0.15, 0.2) is 0 Å². The topological polar surface area (TPSA) is 58.4 Å². The zero-order valence-electron chi connectivity index (χ0n) is 10.9. The van der Waals surface area contributed by atoms with Crippen molar-refractivity contribution in [1.29, 1.82) is 0 Å². The fraction of sp³-hybridized carbons (Fsp3) is 0.923. The quantitative estimate of drug-likeness (QED) is 0.743. The van der Waals surface area contributed by atoms with E-state index in [1.54, 1.807) is 0 Å². The molecule has 1 heterocycles. The van der Waals surface area contributed by atoms with Gasteiger partial charge in [-0.05, 0) is 44.7 Å². The van der Waals surface area contributed by atoms with Gasteiger partial charge in [-0.3, -0.25) is 4.79 Å². The predicted molar refractivity (Wildman–Crippen MR) is 68.6 cm³/mol. The molecule has 4 nitrogen and oxygen atoms in total. The van der Waals surface area contributed by atoms with Crippen LogP contribution < -0.4 is 11.1 Å². The third-order valence-electron chi connectivity index (χ3n) is 4.27. The Morgan fingerprint density at radius 2 is 2.29 bits per heavy atom. The number of nitrogens with zero attached hydrogens (tertiary/aromatic N) is 1. The van der Waals surface area contributed by atoms with Gasteiger partial charge in [-0.25, -0.2) is 0 Å². The fourth-order valence-corrected chi connectivity index (χ4v) is 2.81. The van der Waals surface area contributed by atoms with Gasteiger partial charge in [0.15, 0.2) is 0 Å². The van der Waals surface area contributed by atoms with E-state index in [1.807, 2.05) is 0 Å². The molecule has 2 aliphatic rings. The number of carbonyl (C=O) groups excluding carboxylic acids is 1. The Labute approximate surface area is 104 Å². The first-order valence-corrected chi connectivity index (χ1v) is 6.89. The molecule has 98 valence electrons. The Kier molecular flexibility index (Phi) is 4.05. The summed E-state index contributed by atoms with van der Waals surface area (Å²) in [6.45, 7) is 6.44.